The maximum atomic E-state index is 13.2. The Balaban J connectivity index is 2.60. The van der Waals surface area contributed by atoms with Crippen LogP contribution in [0.3, 0.4) is 0 Å². The fourth-order valence-electron chi connectivity index (χ4n) is 2.91. The number of aliphatic carboxylic acids is 1. The lowest BCUT2D eigenvalue weighted by atomic mass is 9.95. The highest BCUT2D eigenvalue weighted by atomic mass is 35.5. The van der Waals surface area contributed by atoms with Crippen LogP contribution in [-0.4, -0.2) is 35.7 Å². The molecule has 0 spiro atoms. The predicted molar refractivity (Wildman–Crippen MR) is 102 cm³/mol. The minimum absolute atomic E-state index is 0.122. The molecular weight excluding hydrogens is 411 g/mol. The number of ether oxygens (including phenoxy) is 1. The highest BCUT2D eigenvalue weighted by molar-refractivity contribution is 6.31. The average molecular weight is 430 g/mol. The Hall–Kier alpha value is -2.74. The molecule has 0 atom stereocenters. The Morgan fingerprint density at radius 1 is 1.17 bits per heavy atom. The number of alkyl halides is 3. The first-order chi connectivity index (χ1) is 13.5. The van der Waals surface area contributed by atoms with Crippen molar-refractivity contribution < 1.29 is 32.6 Å². The molecule has 0 unspecified atom stereocenters. The van der Waals surface area contributed by atoms with Crippen molar-refractivity contribution in [1.82, 2.24) is 4.90 Å². The number of nitrogens with zero attached hydrogens (tertiary/aromatic N) is 1. The number of halogens is 4. The molecule has 2 aromatic rings. The molecule has 0 aliphatic rings. The molecule has 9 heteroatoms. The molecule has 0 aromatic heterocycles. The molecule has 0 fully saturated rings. The molecule has 0 aliphatic carbocycles. The number of carboxylic acid groups (broad SMARTS) is 1. The number of carbonyl (C=O) groups is 2. The van der Waals surface area contributed by atoms with Gasteiger partial charge in [0.2, 0.25) is 0 Å². The Morgan fingerprint density at radius 2 is 1.86 bits per heavy atom. The van der Waals surface area contributed by atoms with E-state index in [0.29, 0.717) is 16.7 Å². The summed E-state index contributed by atoms with van der Waals surface area (Å²) in [5.41, 5.74) is 0.652. The highest BCUT2D eigenvalue weighted by Crippen LogP contribution is 2.35. The van der Waals surface area contributed by atoms with Crippen LogP contribution in [0, 0.1) is 0 Å². The summed E-state index contributed by atoms with van der Waals surface area (Å²) in [4.78, 5) is 24.2. The standard InChI is InChI=1S/C20H19ClF3NO4/c1-3-25(19(28)29-2)11-14-9-15(20(22,23)24)4-5-17(14)13-6-12(8-18(26)27)7-16(21)10-13/h4-7,9-10H,3,8,11H2,1-2H3,(H,26,27). The normalized spacial score (nSPS) is 11.2. The number of hydrogen-bond acceptors (Lipinski definition) is 3. The average Bonchev–Trinajstić information content (AvgIpc) is 2.63. The Labute approximate surface area is 170 Å². The zero-order chi connectivity index (χ0) is 21.8. The molecule has 156 valence electrons. The highest BCUT2D eigenvalue weighted by Gasteiger charge is 2.31. The van der Waals surface area contributed by atoms with Gasteiger partial charge in [-0.15, -0.1) is 0 Å². The zero-order valence-corrected chi connectivity index (χ0v) is 16.5. The van der Waals surface area contributed by atoms with Crippen LogP contribution in [0.1, 0.15) is 23.6 Å². The summed E-state index contributed by atoms with van der Waals surface area (Å²) >= 11 is 6.09. The third-order valence-electron chi connectivity index (χ3n) is 4.23. The van der Waals surface area contributed by atoms with Crippen molar-refractivity contribution in [2.75, 3.05) is 13.7 Å². The zero-order valence-electron chi connectivity index (χ0n) is 15.7. The van der Waals surface area contributed by atoms with E-state index in [1.54, 1.807) is 13.0 Å². The maximum Gasteiger partial charge on any atom is 0.416 e. The first kappa shape index (κ1) is 22.5. The third kappa shape index (κ3) is 5.87. The van der Waals surface area contributed by atoms with E-state index in [0.717, 1.165) is 12.1 Å². The van der Waals surface area contributed by atoms with Crippen LogP contribution in [0.4, 0.5) is 18.0 Å². The number of carbonyl (C=O) groups excluding carboxylic acids is 1. The van der Waals surface area contributed by atoms with Gasteiger partial charge in [-0.2, -0.15) is 13.2 Å². The second-order valence-electron chi connectivity index (χ2n) is 6.27. The van der Waals surface area contributed by atoms with E-state index in [4.69, 9.17) is 16.7 Å². The fourth-order valence-corrected chi connectivity index (χ4v) is 3.16. The summed E-state index contributed by atoms with van der Waals surface area (Å²) in [5.74, 6) is -1.06. The van der Waals surface area contributed by atoms with Gasteiger partial charge in [0, 0.05) is 18.1 Å². The minimum atomic E-state index is -4.56. The topological polar surface area (TPSA) is 66.8 Å². The molecular formula is C20H19ClF3NO4. The minimum Gasteiger partial charge on any atom is -0.481 e. The molecule has 0 saturated heterocycles. The number of rotatable bonds is 6. The lowest BCUT2D eigenvalue weighted by molar-refractivity contribution is -0.138. The number of carboxylic acids is 1. The molecule has 1 amide bonds. The van der Waals surface area contributed by atoms with Gasteiger partial charge in [0.15, 0.2) is 0 Å². The lowest BCUT2D eigenvalue weighted by Crippen LogP contribution is -2.30. The summed E-state index contributed by atoms with van der Waals surface area (Å²) < 4.78 is 44.4. The first-order valence-corrected chi connectivity index (χ1v) is 8.97. The fraction of sp³-hybridized carbons (Fsp3) is 0.300. The number of benzene rings is 2. The quantitative estimate of drug-likeness (QED) is 0.681. The van der Waals surface area contributed by atoms with Gasteiger partial charge >= 0.3 is 18.2 Å². The summed E-state index contributed by atoms with van der Waals surface area (Å²) in [6, 6.07) is 7.77. The summed E-state index contributed by atoms with van der Waals surface area (Å²) in [5, 5.41) is 9.27. The summed E-state index contributed by atoms with van der Waals surface area (Å²) in [6.07, 6.45) is -5.51. The van der Waals surface area contributed by atoms with Gasteiger partial charge in [0.05, 0.1) is 19.1 Å². The third-order valence-corrected chi connectivity index (χ3v) is 4.45. The van der Waals surface area contributed by atoms with E-state index in [1.807, 2.05) is 0 Å². The van der Waals surface area contributed by atoms with Gasteiger partial charge in [-0.25, -0.2) is 4.79 Å². The van der Waals surface area contributed by atoms with Crippen molar-refractivity contribution in [2.45, 2.75) is 26.1 Å². The van der Waals surface area contributed by atoms with Crippen LogP contribution in [0.5, 0.6) is 0 Å². The van der Waals surface area contributed by atoms with E-state index in [2.05, 4.69) is 4.74 Å². The second-order valence-corrected chi connectivity index (χ2v) is 6.71. The molecule has 0 radical (unpaired) electrons. The number of amides is 1. The lowest BCUT2D eigenvalue weighted by Gasteiger charge is -2.22. The van der Waals surface area contributed by atoms with Gasteiger partial charge in [0.1, 0.15) is 0 Å². The van der Waals surface area contributed by atoms with Gasteiger partial charge in [0.25, 0.3) is 0 Å². The van der Waals surface area contributed by atoms with Crippen LogP contribution in [0.25, 0.3) is 11.1 Å². The Morgan fingerprint density at radius 3 is 2.41 bits per heavy atom. The molecule has 29 heavy (non-hydrogen) atoms. The Bertz CT molecular complexity index is 915. The Kier molecular flexibility index (Phi) is 7.13. The SMILES string of the molecule is CCN(Cc1cc(C(F)(F)F)ccc1-c1cc(Cl)cc(CC(=O)O)c1)C(=O)OC. The van der Waals surface area contributed by atoms with Gasteiger partial charge < -0.3 is 14.7 Å². The van der Waals surface area contributed by atoms with Crippen molar-refractivity contribution in [3.05, 3.63) is 58.1 Å². The molecule has 2 aromatic carbocycles. The van der Waals surface area contributed by atoms with Gasteiger partial charge in [-0.05, 0) is 53.4 Å². The van der Waals surface area contributed by atoms with Crippen molar-refractivity contribution in [2.24, 2.45) is 0 Å². The molecule has 2 rings (SSSR count). The van der Waals surface area contributed by atoms with E-state index in [1.165, 1.54) is 30.2 Å². The predicted octanol–water partition coefficient (Wildman–Crippen LogP) is 5.24. The second kappa shape index (κ2) is 9.17. The van der Waals surface area contributed by atoms with E-state index < -0.39 is 23.8 Å². The monoisotopic (exact) mass is 429 g/mol. The van der Waals surface area contributed by atoms with Crippen LogP contribution in [0.2, 0.25) is 5.02 Å². The summed E-state index contributed by atoms with van der Waals surface area (Å²) in [7, 11) is 1.19. The summed E-state index contributed by atoms with van der Waals surface area (Å²) in [6.45, 7) is 1.78. The molecule has 0 saturated carbocycles. The van der Waals surface area contributed by atoms with Gasteiger partial charge in [-0.1, -0.05) is 23.7 Å². The van der Waals surface area contributed by atoms with Crippen LogP contribution < -0.4 is 0 Å². The molecule has 5 nitrogen and oxygen atoms in total. The first-order valence-electron chi connectivity index (χ1n) is 8.59. The molecule has 0 aliphatic heterocycles. The van der Waals surface area contributed by atoms with E-state index in [9.17, 15) is 22.8 Å². The van der Waals surface area contributed by atoms with Crippen molar-refractivity contribution in [3.8, 4) is 11.1 Å². The van der Waals surface area contributed by atoms with Crippen LogP contribution in [0.15, 0.2) is 36.4 Å². The largest absolute Gasteiger partial charge is 0.481 e. The van der Waals surface area contributed by atoms with Crippen molar-refractivity contribution >= 4 is 23.7 Å². The molecule has 0 bridgehead atoms. The van der Waals surface area contributed by atoms with Crippen molar-refractivity contribution in [3.63, 3.8) is 0 Å². The van der Waals surface area contributed by atoms with Crippen LogP contribution >= 0.6 is 11.6 Å². The number of hydrogen-bond donors (Lipinski definition) is 1. The maximum absolute atomic E-state index is 13.2. The number of methoxy groups -OCH3 is 1. The van der Waals surface area contributed by atoms with Crippen LogP contribution in [-0.2, 0) is 28.7 Å². The van der Waals surface area contributed by atoms with Crippen molar-refractivity contribution in [1.29, 1.82) is 0 Å². The smallest absolute Gasteiger partial charge is 0.416 e. The van der Waals surface area contributed by atoms with E-state index in [-0.39, 0.29) is 30.1 Å². The van der Waals surface area contributed by atoms with E-state index >= 15 is 0 Å². The molecule has 0 heterocycles. The molecule has 1 N–H and O–H groups in total. The van der Waals surface area contributed by atoms with Gasteiger partial charge in [-0.3, -0.25) is 4.79 Å².